The summed E-state index contributed by atoms with van der Waals surface area (Å²) in [5.41, 5.74) is 8.40. The topological polar surface area (TPSA) is 75.4 Å². The minimum Gasteiger partial charge on any atom is -0.334 e. The Morgan fingerprint density at radius 3 is 2.30 bits per heavy atom. The summed E-state index contributed by atoms with van der Waals surface area (Å²) in [7, 11) is 0. The van der Waals surface area contributed by atoms with Gasteiger partial charge in [-0.1, -0.05) is 48.5 Å². The molecule has 0 aliphatic heterocycles. The summed E-state index contributed by atoms with van der Waals surface area (Å²) >= 11 is 3.42. The second kappa shape index (κ2) is 10.7. The first-order valence-electron chi connectivity index (χ1n) is 9.78. The lowest BCUT2D eigenvalue weighted by Gasteiger charge is -2.24. The highest BCUT2D eigenvalue weighted by Gasteiger charge is 2.18. The van der Waals surface area contributed by atoms with E-state index in [0.717, 1.165) is 10.0 Å². The second-order valence-electron chi connectivity index (χ2n) is 6.83. The van der Waals surface area contributed by atoms with Crippen LogP contribution >= 0.6 is 15.9 Å². The molecule has 3 N–H and O–H groups in total. The fourth-order valence-corrected chi connectivity index (χ4v) is 3.58. The van der Waals surface area contributed by atoms with E-state index in [-0.39, 0.29) is 11.8 Å². The third-order valence-electron chi connectivity index (χ3n) is 4.69. The number of hydrogen-bond acceptors (Lipinski definition) is 3. The molecule has 2 amide bonds. The van der Waals surface area contributed by atoms with E-state index in [1.165, 1.54) is 0 Å². The predicted molar refractivity (Wildman–Crippen MR) is 123 cm³/mol. The molecule has 3 rings (SSSR count). The highest BCUT2D eigenvalue weighted by Crippen LogP contribution is 2.22. The van der Waals surface area contributed by atoms with E-state index in [4.69, 9.17) is 5.73 Å². The van der Waals surface area contributed by atoms with Crippen molar-refractivity contribution < 1.29 is 9.59 Å². The average Bonchev–Trinajstić information content (AvgIpc) is 2.78. The first kappa shape index (κ1) is 21.7. The number of nitrogens with two attached hydrogens (primary N) is 1. The molecule has 5 nitrogen and oxygen atoms in total. The summed E-state index contributed by atoms with van der Waals surface area (Å²) in [5, 5.41) is 2.98. The zero-order chi connectivity index (χ0) is 21.3. The molecule has 0 fully saturated rings. The van der Waals surface area contributed by atoms with Crippen molar-refractivity contribution in [1.82, 2.24) is 4.90 Å². The Morgan fingerprint density at radius 2 is 1.57 bits per heavy atom. The monoisotopic (exact) mass is 465 g/mol. The number of nitrogens with zero attached hydrogens (tertiary/aromatic N) is 1. The van der Waals surface area contributed by atoms with Crippen LogP contribution in [-0.4, -0.2) is 29.8 Å². The Balaban J connectivity index is 1.83. The molecule has 0 aliphatic rings. The minimum absolute atomic E-state index is 0.0593. The van der Waals surface area contributed by atoms with E-state index in [9.17, 15) is 9.59 Å². The number of para-hydroxylation sites is 1. The van der Waals surface area contributed by atoms with E-state index in [1.807, 2.05) is 60.7 Å². The van der Waals surface area contributed by atoms with Gasteiger partial charge in [-0.15, -0.1) is 0 Å². The number of halogens is 1. The first-order chi connectivity index (χ1) is 14.6. The summed E-state index contributed by atoms with van der Waals surface area (Å²) in [5.74, 6) is -0.270. The highest BCUT2D eigenvalue weighted by atomic mass is 79.9. The molecule has 0 bridgehead atoms. The standard InChI is InChI=1S/C24H24BrN3O2/c25-21-13-6-5-12-20(21)23(29)27-22-14-7-4-11-19(22)17-28(16-8-15-26)24(30)18-9-2-1-3-10-18/h1-7,9-14H,8,15-17,26H2,(H,27,29). The number of anilines is 1. The Labute approximate surface area is 185 Å². The predicted octanol–water partition coefficient (Wildman–Crippen LogP) is 4.69. The molecule has 0 atom stereocenters. The van der Waals surface area contributed by atoms with Gasteiger partial charge in [0.1, 0.15) is 0 Å². The van der Waals surface area contributed by atoms with Crippen LogP contribution in [0.1, 0.15) is 32.7 Å². The lowest BCUT2D eigenvalue weighted by Crippen LogP contribution is -2.33. The summed E-state index contributed by atoms with van der Waals surface area (Å²) in [4.78, 5) is 27.6. The lowest BCUT2D eigenvalue weighted by atomic mass is 10.1. The highest BCUT2D eigenvalue weighted by molar-refractivity contribution is 9.10. The summed E-state index contributed by atoms with van der Waals surface area (Å²) in [6.45, 7) is 1.41. The molecule has 3 aromatic rings. The van der Waals surface area contributed by atoms with Crippen LogP contribution in [0.4, 0.5) is 5.69 Å². The smallest absolute Gasteiger partial charge is 0.256 e. The van der Waals surface area contributed by atoms with Crippen LogP contribution < -0.4 is 11.1 Å². The van der Waals surface area contributed by atoms with E-state index in [0.29, 0.717) is 42.9 Å². The van der Waals surface area contributed by atoms with Crippen molar-refractivity contribution in [2.45, 2.75) is 13.0 Å². The molecular formula is C24H24BrN3O2. The lowest BCUT2D eigenvalue weighted by molar-refractivity contribution is 0.0742. The summed E-state index contributed by atoms with van der Waals surface area (Å²) in [6, 6.07) is 24.0. The SMILES string of the molecule is NCCCN(Cc1ccccc1NC(=O)c1ccccc1Br)C(=O)c1ccccc1. The van der Waals surface area contributed by atoms with Gasteiger partial charge in [-0.3, -0.25) is 9.59 Å². The molecule has 0 spiro atoms. The van der Waals surface area contributed by atoms with Crippen LogP contribution in [0.25, 0.3) is 0 Å². The van der Waals surface area contributed by atoms with Crippen molar-refractivity contribution in [2.75, 3.05) is 18.4 Å². The molecule has 0 saturated carbocycles. The quantitative estimate of drug-likeness (QED) is 0.506. The van der Waals surface area contributed by atoms with E-state index < -0.39 is 0 Å². The van der Waals surface area contributed by atoms with Crippen LogP contribution in [0.2, 0.25) is 0 Å². The maximum Gasteiger partial charge on any atom is 0.256 e. The zero-order valence-electron chi connectivity index (χ0n) is 16.6. The number of hydrogen-bond donors (Lipinski definition) is 2. The molecular weight excluding hydrogens is 442 g/mol. The Bertz CT molecular complexity index is 1010. The molecule has 0 radical (unpaired) electrons. The number of nitrogens with one attached hydrogen (secondary N) is 1. The normalized spacial score (nSPS) is 10.5. The Morgan fingerprint density at radius 1 is 0.900 bits per heavy atom. The van der Waals surface area contributed by atoms with Crippen LogP contribution in [0.3, 0.4) is 0 Å². The average molecular weight is 466 g/mol. The van der Waals surface area contributed by atoms with E-state index in [2.05, 4.69) is 21.2 Å². The first-order valence-corrected chi connectivity index (χ1v) is 10.6. The third kappa shape index (κ3) is 5.55. The van der Waals surface area contributed by atoms with Gasteiger partial charge in [0.2, 0.25) is 0 Å². The van der Waals surface area contributed by atoms with Gasteiger partial charge in [-0.2, -0.15) is 0 Å². The Hall–Kier alpha value is -2.96. The number of rotatable bonds is 8. The van der Waals surface area contributed by atoms with Gasteiger partial charge in [0.15, 0.2) is 0 Å². The van der Waals surface area contributed by atoms with Crippen molar-refractivity contribution in [1.29, 1.82) is 0 Å². The zero-order valence-corrected chi connectivity index (χ0v) is 18.1. The molecule has 0 heterocycles. The fourth-order valence-electron chi connectivity index (χ4n) is 3.12. The third-order valence-corrected chi connectivity index (χ3v) is 5.38. The molecule has 0 aliphatic carbocycles. The van der Waals surface area contributed by atoms with Crippen LogP contribution in [0.15, 0.2) is 83.3 Å². The van der Waals surface area contributed by atoms with Crippen LogP contribution in [0.5, 0.6) is 0 Å². The maximum absolute atomic E-state index is 13.0. The van der Waals surface area contributed by atoms with Crippen molar-refractivity contribution >= 4 is 33.4 Å². The molecule has 0 unspecified atom stereocenters. The molecule has 0 aromatic heterocycles. The van der Waals surface area contributed by atoms with Gasteiger partial charge in [-0.25, -0.2) is 0 Å². The number of carbonyl (C=O) groups excluding carboxylic acids is 2. The minimum atomic E-state index is -0.210. The number of benzene rings is 3. The van der Waals surface area contributed by atoms with Gasteiger partial charge < -0.3 is 16.0 Å². The van der Waals surface area contributed by atoms with E-state index in [1.54, 1.807) is 23.1 Å². The molecule has 30 heavy (non-hydrogen) atoms. The molecule has 154 valence electrons. The van der Waals surface area contributed by atoms with Gasteiger partial charge in [-0.05, 0) is 64.8 Å². The molecule has 3 aromatic carbocycles. The molecule has 0 saturated heterocycles. The summed E-state index contributed by atoms with van der Waals surface area (Å²) in [6.07, 6.45) is 0.698. The Kier molecular flexibility index (Phi) is 7.76. The maximum atomic E-state index is 13.0. The molecule has 6 heteroatoms. The number of carbonyl (C=O) groups is 2. The fraction of sp³-hybridized carbons (Fsp3) is 0.167. The largest absolute Gasteiger partial charge is 0.334 e. The number of amides is 2. The van der Waals surface area contributed by atoms with Gasteiger partial charge in [0.05, 0.1) is 5.56 Å². The van der Waals surface area contributed by atoms with Crippen LogP contribution in [-0.2, 0) is 6.54 Å². The van der Waals surface area contributed by atoms with Crippen molar-refractivity contribution in [3.8, 4) is 0 Å². The van der Waals surface area contributed by atoms with Gasteiger partial charge in [0, 0.05) is 28.8 Å². The van der Waals surface area contributed by atoms with Crippen molar-refractivity contribution in [3.63, 3.8) is 0 Å². The van der Waals surface area contributed by atoms with E-state index >= 15 is 0 Å². The summed E-state index contributed by atoms with van der Waals surface area (Å²) < 4.78 is 0.726. The van der Waals surface area contributed by atoms with Crippen molar-refractivity contribution in [3.05, 3.63) is 100 Å². The van der Waals surface area contributed by atoms with Gasteiger partial charge >= 0.3 is 0 Å². The second-order valence-corrected chi connectivity index (χ2v) is 7.68. The van der Waals surface area contributed by atoms with Crippen molar-refractivity contribution in [2.24, 2.45) is 5.73 Å². The van der Waals surface area contributed by atoms with Gasteiger partial charge in [0.25, 0.3) is 11.8 Å². The van der Waals surface area contributed by atoms with Crippen LogP contribution in [0, 0.1) is 0 Å².